The van der Waals surface area contributed by atoms with E-state index >= 15 is 0 Å². The minimum Gasteiger partial charge on any atom is -0.390 e. The van der Waals surface area contributed by atoms with E-state index in [1.807, 2.05) is 0 Å². The molecule has 0 aromatic carbocycles. The monoisotopic (exact) mass is 194 g/mol. The van der Waals surface area contributed by atoms with Crippen molar-refractivity contribution < 1.29 is 5.11 Å². The van der Waals surface area contributed by atoms with Crippen LogP contribution in [-0.4, -0.2) is 10.7 Å². The zero-order chi connectivity index (χ0) is 10.0. The third kappa shape index (κ3) is 0.997. The van der Waals surface area contributed by atoms with E-state index in [1.54, 1.807) is 0 Å². The van der Waals surface area contributed by atoms with Crippen molar-refractivity contribution in [1.82, 2.24) is 0 Å². The van der Waals surface area contributed by atoms with Crippen molar-refractivity contribution in [2.75, 3.05) is 0 Å². The van der Waals surface area contributed by atoms with Gasteiger partial charge in [0.25, 0.3) is 0 Å². The second-order valence-corrected chi connectivity index (χ2v) is 6.86. The predicted molar refractivity (Wildman–Crippen MR) is 57.0 cm³/mol. The Labute approximate surface area is 86.9 Å². The second-order valence-electron chi connectivity index (χ2n) is 6.86. The van der Waals surface area contributed by atoms with E-state index in [0.29, 0.717) is 16.7 Å². The Kier molecular flexibility index (Phi) is 1.56. The van der Waals surface area contributed by atoms with Crippen molar-refractivity contribution in [3.63, 3.8) is 0 Å². The lowest BCUT2D eigenvalue weighted by Gasteiger charge is -2.63. The van der Waals surface area contributed by atoms with Gasteiger partial charge in [0.15, 0.2) is 0 Å². The smallest absolute Gasteiger partial charge is 0.0686 e. The standard InChI is InChI=1S/C13H22O/c1-11-4-3-5-13(14)9-12(2,7-6-11)10(13)8-11/h10,14H,3-9H2,1-2H3. The van der Waals surface area contributed by atoms with Crippen LogP contribution in [-0.2, 0) is 0 Å². The Bertz CT molecular complexity index is 274. The molecule has 14 heavy (non-hydrogen) atoms. The lowest BCUT2D eigenvalue weighted by molar-refractivity contribution is -0.215. The summed E-state index contributed by atoms with van der Waals surface area (Å²) in [6, 6.07) is 0. The topological polar surface area (TPSA) is 20.2 Å². The van der Waals surface area contributed by atoms with Crippen LogP contribution in [0.2, 0.25) is 0 Å². The molecule has 1 heteroatoms. The highest BCUT2D eigenvalue weighted by atomic mass is 16.3. The largest absolute Gasteiger partial charge is 0.390 e. The first-order chi connectivity index (χ1) is 6.46. The van der Waals surface area contributed by atoms with Crippen LogP contribution in [0.15, 0.2) is 0 Å². The molecule has 3 aliphatic carbocycles. The Hall–Kier alpha value is -0.0400. The van der Waals surface area contributed by atoms with Gasteiger partial charge in [-0.25, -0.2) is 0 Å². The van der Waals surface area contributed by atoms with Crippen molar-refractivity contribution >= 4 is 0 Å². The number of rotatable bonds is 0. The van der Waals surface area contributed by atoms with E-state index in [1.165, 1.54) is 32.1 Å². The summed E-state index contributed by atoms with van der Waals surface area (Å²) < 4.78 is 0. The Morgan fingerprint density at radius 1 is 1.07 bits per heavy atom. The molecule has 0 heterocycles. The Balaban J connectivity index is 1.96. The molecular weight excluding hydrogens is 172 g/mol. The van der Waals surface area contributed by atoms with E-state index in [2.05, 4.69) is 13.8 Å². The molecule has 1 N–H and O–H groups in total. The zero-order valence-electron chi connectivity index (χ0n) is 9.47. The van der Waals surface area contributed by atoms with E-state index in [-0.39, 0.29) is 5.60 Å². The molecule has 4 atom stereocenters. The molecule has 80 valence electrons. The number of hydrogen-bond donors (Lipinski definition) is 1. The van der Waals surface area contributed by atoms with Crippen molar-refractivity contribution in [3.05, 3.63) is 0 Å². The highest BCUT2D eigenvalue weighted by molar-refractivity contribution is 5.14. The summed E-state index contributed by atoms with van der Waals surface area (Å²) in [5.74, 6) is 0.622. The quantitative estimate of drug-likeness (QED) is 0.628. The van der Waals surface area contributed by atoms with E-state index in [0.717, 1.165) is 12.8 Å². The molecule has 0 amide bonds. The fraction of sp³-hybridized carbons (Fsp3) is 1.00. The van der Waals surface area contributed by atoms with Gasteiger partial charge in [0.05, 0.1) is 5.60 Å². The van der Waals surface area contributed by atoms with E-state index in [9.17, 15) is 5.11 Å². The zero-order valence-corrected chi connectivity index (χ0v) is 9.47. The first kappa shape index (κ1) is 9.21. The SMILES string of the molecule is CC12CCCC3(O)CC(C)(CC1)C3C2. The molecule has 2 bridgehead atoms. The van der Waals surface area contributed by atoms with E-state index < -0.39 is 0 Å². The van der Waals surface area contributed by atoms with Crippen molar-refractivity contribution in [2.45, 2.75) is 64.4 Å². The van der Waals surface area contributed by atoms with Gasteiger partial charge in [-0.15, -0.1) is 0 Å². The van der Waals surface area contributed by atoms with Gasteiger partial charge in [-0.3, -0.25) is 0 Å². The van der Waals surface area contributed by atoms with Crippen LogP contribution >= 0.6 is 0 Å². The third-order valence-electron chi connectivity index (χ3n) is 5.59. The van der Waals surface area contributed by atoms with Gasteiger partial charge in [-0.2, -0.15) is 0 Å². The van der Waals surface area contributed by atoms with Crippen molar-refractivity contribution in [1.29, 1.82) is 0 Å². The van der Waals surface area contributed by atoms with Crippen LogP contribution in [0.3, 0.4) is 0 Å². The lowest BCUT2D eigenvalue weighted by Crippen LogP contribution is -2.62. The minimum atomic E-state index is -0.257. The fourth-order valence-corrected chi connectivity index (χ4v) is 4.66. The van der Waals surface area contributed by atoms with Crippen LogP contribution in [0, 0.1) is 16.7 Å². The maximum absolute atomic E-state index is 10.5. The first-order valence-electron chi connectivity index (χ1n) is 6.18. The van der Waals surface area contributed by atoms with Crippen LogP contribution in [0.4, 0.5) is 0 Å². The highest BCUT2D eigenvalue weighted by Crippen LogP contribution is 2.67. The lowest BCUT2D eigenvalue weighted by atomic mass is 9.44. The summed E-state index contributed by atoms with van der Waals surface area (Å²) in [6.07, 6.45) is 8.80. The van der Waals surface area contributed by atoms with Crippen LogP contribution in [0.5, 0.6) is 0 Å². The fourth-order valence-electron chi connectivity index (χ4n) is 4.66. The summed E-state index contributed by atoms with van der Waals surface area (Å²) in [6.45, 7) is 4.84. The highest BCUT2D eigenvalue weighted by Gasteiger charge is 2.63. The molecular formula is C13H22O. The number of fused-ring (bicyclic) bond motifs is 1. The maximum atomic E-state index is 10.5. The normalized spacial score (nSPS) is 61.5. The number of aliphatic hydroxyl groups is 1. The molecule has 3 fully saturated rings. The van der Waals surface area contributed by atoms with Gasteiger partial charge in [0.2, 0.25) is 0 Å². The van der Waals surface area contributed by atoms with Crippen LogP contribution in [0.25, 0.3) is 0 Å². The van der Waals surface area contributed by atoms with Crippen molar-refractivity contribution in [3.8, 4) is 0 Å². The first-order valence-corrected chi connectivity index (χ1v) is 6.18. The summed E-state index contributed by atoms with van der Waals surface area (Å²) in [4.78, 5) is 0. The summed E-state index contributed by atoms with van der Waals surface area (Å²) in [5, 5.41) is 10.5. The molecule has 1 nitrogen and oxygen atoms in total. The average molecular weight is 194 g/mol. The molecule has 4 unspecified atom stereocenters. The molecule has 0 radical (unpaired) electrons. The summed E-state index contributed by atoms with van der Waals surface area (Å²) in [7, 11) is 0. The van der Waals surface area contributed by atoms with Crippen LogP contribution < -0.4 is 0 Å². The molecule has 0 aliphatic heterocycles. The molecule has 0 aromatic rings. The van der Waals surface area contributed by atoms with Gasteiger partial charge < -0.3 is 5.11 Å². The second kappa shape index (κ2) is 2.37. The molecule has 3 aliphatic rings. The Morgan fingerprint density at radius 3 is 2.64 bits per heavy atom. The summed E-state index contributed by atoms with van der Waals surface area (Å²) >= 11 is 0. The molecule has 0 saturated heterocycles. The molecule has 3 saturated carbocycles. The van der Waals surface area contributed by atoms with Gasteiger partial charge in [0.1, 0.15) is 0 Å². The van der Waals surface area contributed by atoms with Gasteiger partial charge >= 0.3 is 0 Å². The predicted octanol–water partition coefficient (Wildman–Crippen LogP) is 3.12. The molecule has 3 rings (SSSR count). The number of hydrogen-bond acceptors (Lipinski definition) is 1. The minimum absolute atomic E-state index is 0.257. The Morgan fingerprint density at radius 2 is 1.86 bits per heavy atom. The third-order valence-corrected chi connectivity index (χ3v) is 5.59. The van der Waals surface area contributed by atoms with Gasteiger partial charge in [0, 0.05) is 0 Å². The summed E-state index contributed by atoms with van der Waals surface area (Å²) in [5.41, 5.74) is 0.806. The van der Waals surface area contributed by atoms with Crippen LogP contribution in [0.1, 0.15) is 58.8 Å². The van der Waals surface area contributed by atoms with Gasteiger partial charge in [-0.05, 0) is 55.3 Å². The molecule has 0 spiro atoms. The molecule has 0 aromatic heterocycles. The average Bonchev–Trinajstić information content (AvgIpc) is 2.14. The van der Waals surface area contributed by atoms with Crippen molar-refractivity contribution in [2.24, 2.45) is 16.7 Å². The maximum Gasteiger partial charge on any atom is 0.0686 e. The van der Waals surface area contributed by atoms with E-state index in [4.69, 9.17) is 0 Å². The van der Waals surface area contributed by atoms with Gasteiger partial charge in [-0.1, -0.05) is 20.3 Å².